The van der Waals surface area contributed by atoms with Crippen LogP contribution < -0.4 is 9.79 Å². The van der Waals surface area contributed by atoms with Crippen molar-refractivity contribution in [2.45, 2.75) is 117 Å². The van der Waals surface area contributed by atoms with Gasteiger partial charge >= 0.3 is 81.7 Å². The molecule has 0 aromatic carbocycles. The normalized spacial score (nSPS) is 10.3. The van der Waals surface area contributed by atoms with Gasteiger partial charge in [-0.1, -0.05) is 105 Å². The van der Waals surface area contributed by atoms with Crippen molar-refractivity contribution in [3.63, 3.8) is 0 Å². The maximum absolute atomic E-state index is 10.3. The summed E-state index contributed by atoms with van der Waals surface area (Å²) in [5.41, 5.74) is 0. The Labute approximate surface area is 230 Å². The van der Waals surface area contributed by atoms with Gasteiger partial charge in [0, 0.05) is 0 Å². The molecule has 0 saturated carbocycles. The summed E-state index contributed by atoms with van der Waals surface area (Å²) in [6, 6.07) is 0. The number of hydrogen-bond donors (Lipinski definition) is 0. The number of hydrogen-bond acceptors (Lipinski definition) is 3. The van der Waals surface area contributed by atoms with Gasteiger partial charge < -0.3 is 20.8 Å². The molecule has 0 atom stereocenters. The van der Waals surface area contributed by atoms with Crippen LogP contribution in [-0.4, -0.2) is 6.16 Å². The van der Waals surface area contributed by atoms with Crippen molar-refractivity contribution in [3.8, 4) is 0 Å². The minimum Gasteiger partial charge on any atom is -0.811 e. The molecule has 0 spiro atoms. The molecule has 0 heterocycles. The van der Waals surface area contributed by atoms with Gasteiger partial charge in [-0.15, -0.1) is 0 Å². The first-order chi connectivity index (χ1) is 11.5. The van der Waals surface area contributed by atoms with Crippen molar-refractivity contribution in [1.29, 1.82) is 0 Å². The van der Waals surface area contributed by atoms with E-state index in [1.54, 1.807) is 0 Å². The van der Waals surface area contributed by atoms with Crippen LogP contribution in [0.2, 0.25) is 0 Å². The molecule has 6 heteroatoms. The summed E-state index contributed by atoms with van der Waals surface area (Å²) in [7, 11) is -4.24. The Balaban J connectivity index is -0.000000208. The third-order valence-electron chi connectivity index (χ3n) is 4.13. The molecule has 0 unspecified atom stereocenters. The van der Waals surface area contributed by atoms with Gasteiger partial charge in [0.05, 0.1) is 0 Å². The van der Waals surface area contributed by atoms with Gasteiger partial charge in [0.1, 0.15) is 0 Å². The van der Waals surface area contributed by atoms with Gasteiger partial charge in [-0.25, -0.2) is 0 Å². The molecule has 3 nitrogen and oxygen atoms in total. The zero-order chi connectivity index (χ0) is 18.5. The Morgan fingerprint density at radius 1 is 0.654 bits per heavy atom. The molecule has 0 aliphatic carbocycles. The fourth-order valence-electron chi connectivity index (χ4n) is 2.57. The third kappa shape index (κ3) is 41.3. The molecule has 150 valence electrons. The second-order valence-electron chi connectivity index (χ2n) is 6.77. The smallest absolute Gasteiger partial charge is 0.811 e. The van der Waals surface area contributed by atoms with E-state index in [1.165, 1.54) is 77.0 Å². The number of unbranched alkanes of at least 4 members (excludes halogenated alkanes) is 14. The molecule has 26 heavy (non-hydrogen) atoms. The molecule has 0 aromatic rings. The van der Waals surface area contributed by atoms with Crippen molar-refractivity contribution in [3.05, 3.63) is 6.42 Å². The molecule has 0 amide bonds. The van der Waals surface area contributed by atoms with Gasteiger partial charge in [0.25, 0.3) is 0 Å². The van der Waals surface area contributed by atoms with Gasteiger partial charge in [0.15, 0.2) is 0 Å². The second-order valence-corrected chi connectivity index (χ2v) is 8.44. The van der Waals surface area contributed by atoms with Crippen LogP contribution in [-0.2, 0) is 4.57 Å². The Hall–Kier alpha value is 2.85. The van der Waals surface area contributed by atoms with Crippen LogP contribution in [0.4, 0.5) is 0 Å². The molecule has 0 bridgehead atoms. The average Bonchev–Trinajstić information content (AvgIpc) is 2.53. The second kappa shape index (κ2) is 30.0. The van der Waals surface area contributed by atoms with E-state index in [1.807, 2.05) is 0 Å². The predicted octanol–water partition coefficient (Wildman–Crippen LogP) is 6.00. The van der Waals surface area contributed by atoms with E-state index < -0.39 is 7.60 Å². The van der Waals surface area contributed by atoms with Crippen molar-refractivity contribution in [2.24, 2.45) is 0 Å². The van der Waals surface area contributed by atoms with Crippen molar-refractivity contribution in [2.75, 3.05) is 6.16 Å². The van der Waals surface area contributed by atoms with Crippen molar-refractivity contribution in [1.82, 2.24) is 0 Å². The van der Waals surface area contributed by atoms with Crippen molar-refractivity contribution < 1.29 is 96.0 Å². The van der Waals surface area contributed by atoms with Crippen LogP contribution >= 0.6 is 7.60 Å². The largest absolute Gasteiger partial charge is 3.00 e. The van der Waals surface area contributed by atoms with E-state index in [9.17, 15) is 14.4 Å². The van der Waals surface area contributed by atoms with E-state index in [0.29, 0.717) is 6.42 Å². The van der Waals surface area contributed by atoms with Crippen LogP contribution in [0.5, 0.6) is 0 Å². The van der Waals surface area contributed by atoms with Crippen LogP contribution in [0, 0.1) is 88.1 Å². The van der Waals surface area contributed by atoms with Crippen LogP contribution in [0.3, 0.4) is 0 Å². The van der Waals surface area contributed by atoms with Crippen LogP contribution in [0.15, 0.2) is 0 Å². The minimum absolute atomic E-state index is 0. The molecule has 0 N–H and O–H groups in total. The summed E-state index contributed by atoms with van der Waals surface area (Å²) in [6.07, 6.45) is 20.4. The van der Waals surface area contributed by atoms with Gasteiger partial charge in [0.2, 0.25) is 0 Å². The quantitative estimate of drug-likeness (QED) is 0.117. The molecule has 0 saturated heterocycles. The Morgan fingerprint density at radius 3 is 1.35 bits per heavy atom. The Bertz CT molecular complexity index is 268. The van der Waals surface area contributed by atoms with Gasteiger partial charge in [-0.05, 0) is 12.6 Å². The zero-order valence-corrected chi connectivity index (χ0v) is 24.9. The van der Waals surface area contributed by atoms with Crippen molar-refractivity contribution >= 4 is 7.60 Å². The summed E-state index contributed by atoms with van der Waals surface area (Å²) in [6.45, 7) is 6.59. The van der Waals surface area contributed by atoms with E-state index in [2.05, 4.69) is 27.2 Å². The first-order valence-corrected chi connectivity index (χ1v) is 12.0. The molecule has 0 rings (SSSR count). The summed E-state index contributed by atoms with van der Waals surface area (Å²) in [5.74, 6) is 0. The summed E-state index contributed by atoms with van der Waals surface area (Å²) >= 11 is 0. The SMILES string of the molecule is CCCCCCCCCCCCP(=O)([O-])[O-].C[CH-]CCCCCC.[Nd+3].[Nd+3]. The topological polar surface area (TPSA) is 63.2 Å². The monoisotopic (exact) mass is 645 g/mol. The molecule has 0 aromatic heterocycles. The standard InChI is InChI=1S/C12H27O3P.C8H17.2Nd/c1-2-3-4-5-6-7-8-9-10-11-12-16(13,14)15;1-3-5-7-8-6-4-2;;/h2-12H2,1H3,(H2,13,14,15);3H,4-8H2,1-2H3;;/q;-1;2*+3/p-2. The minimum atomic E-state index is -4.24. The van der Waals surface area contributed by atoms with E-state index in [4.69, 9.17) is 0 Å². The molecule has 0 aliphatic rings. The molecule has 2 radical (unpaired) electrons. The molecule has 0 aliphatic heterocycles. The summed E-state index contributed by atoms with van der Waals surface area (Å²) in [5, 5.41) is 0. The molecule has 0 fully saturated rings. The van der Waals surface area contributed by atoms with Gasteiger partial charge in [-0.3, -0.25) is 0 Å². The summed E-state index contributed by atoms with van der Waals surface area (Å²) in [4.78, 5) is 20.7. The Kier molecular flexibility index (Phi) is 41.9. The van der Waals surface area contributed by atoms with E-state index in [-0.39, 0.29) is 87.8 Å². The van der Waals surface area contributed by atoms with Gasteiger partial charge in [-0.2, -0.15) is 13.3 Å². The number of rotatable bonds is 16. The fraction of sp³-hybridized carbons (Fsp3) is 0.950. The maximum Gasteiger partial charge on any atom is 3.00 e. The Morgan fingerprint density at radius 2 is 1.00 bits per heavy atom. The van der Waals surface area contributed by atoms with Crippen LogP contribution in [0.1, 0.15) is 117 Å². The maximum atomic E-state index is 10.3. The third-order valence-corrected chi connectivity index (χ3v) is 5.00. The fourth-order valence-corrected chi connectivity index (χ4v) is 3.18. The predicted molar refractivity (Wildman–Crippen MR) is 103 cm³/mol. The summed E-state index contributed by atoms with van der Waals surface area (Å²) < 4.78 is 10.3. The van der Waals surface area contributed by atoms with E-state index in [0.717, 1.165) is 12.8 Å². The molecular weight excluding hydrogens is 608 g/mol. The first kappa shape index (κ1) is 36.2. The molecular formula is C20H42Nd2O3P+3. The van der Waals surface area contributed by atoms with E-state index >= 15 is 0 Å². The van der Waals surface area contributed by atoms with Crippen LogP contribution in [0.25, 0.3) is 0 Å². The zero-order valence-electron chi connectivity index (χ0n) is 17.6. The first-order valence-electron chi connectivity index (χ1n) is 10.3. The average molecular weight is 650 g/mol.